The highest BCUT2D eigenvalue weighted by molar-refractivity contribution is 5.83. The topological polar surface area (TPSA) is 65.2 Å². The van der Waals surface area contributed by atoms with Gasteiger partial charge in [0.05, 0.1) is 6.42 Å². The summed E-state index contributed by atoms with van der Waals surface area (Å²) in [5.41, 5.74) is 2.36. The molecule has 1 aromatic heterocycles. The number of pyridine rings is 1. The average Bonchev–Trinajstić information content (AvgIpc) is 3.10. The number of fused-ring (bicyclic) bond motifs is 1. The number of hydrogen-bond acceptors (Lipinski definition) is 3. The number of aryl methyl sites for hydroxylation is 1. The molecule has 5 nitrogen and oxygen atoms in total. The number of hydrogen-bond donors (Lipinski definition) is 2. The fourth-order valence-corrected chi connectivity index (χ4v) is 3.47. The van der Waals surface area contributed by atoms with Gasteiger partial charge >= 0.3 is 0 Å². The normalized spacial score (nSPS) is 15.6. The number of carbonyl (C=O) groups excluding carboxylic acids is 1. The summed E-state index contributed by atoms with van der Waals surface area (Å²) < 4.78 is 0. The molecule has 3 rings (SSSR count). The molecule has 2 heterocycles. The fourth-order valence-electron chi connectivity index (χ4n) is 3.47. The first kappa shape index (κ1) is 17.7. The van der Waals surface area contributed by atoms with Crippen molar-refractivity contribution in [1.82, 2.24) is 15.2 Å². The molecule has 2 N–H and O–H groups in total. The van der Waals surface area contributed by atoms with Gasteiger partial charge in [0.2, 0.25) is 5.91 Å². The number of rotatable bonds is 5. The zero-order valence-corrected chi connectivity index (χ0v) is 15.3. The first-order chi connectivity index (χ1) is 11.8. The van der Waals surface area contributed by atoms with Gasteiger partial charge in [-0.1, -0.05) is 6.07 Å². The Kier molecular flexibility index (Phi) is 4.95. The van der Waals surface area contributed by atoms with Gasteiger partial charge in [-0.05, 0) is 75.9 Å². The molecule has 0 atom stereocenters. The SMILES string of the molecule is Cc1cc2cc(CC(=O)NCC(C)(C)N3CCCC3)ccc2[nH]c1=O. The third-order valence-corrected chi connectivity index (χ3v) is 5.14. The van der Waals surface area contributed by atoms with E-state index in [0.29, 0.717) is 18.5 Å². The summed E-state index contributed by atoms with van der Waals surface area (Å²) in [7, 11) is 0. The van der Waals surface area contributed by atoms with Crippen LogP contribution in [0.4, 0.5) is 0 Å². The van der Waals surface area contributed by atoms with Crippen LogP contribution in [-0.2, 0) is 11.2 Å². The summed E-state index contributed by atoms with van der Waals surface area (Å²) in [6.45, 7) is 9.06. The van der Waals surface area contributed by atoms with Crippen molar-refractivity contribution < 1.29 is 4.79 Å². The highest BCUT2D eigenvalue weighted by Crippen LogP contribution is 2.20. The Labute approximate surface area is 148 Å². The molecule has 2 aromatic rings. The number of carbonyl (C=O) groups is 1. The van der Waals surface area contributed by atoms with E-state index in [1.807, 2.05) is 24.3 Å². The molecule has 0 saturated carbocycles. The van der Waals surface area contributed by atoms with Crippen LogP contribution in [0.5, 0.6) is 0 Å². The standard InChI is InChI=1S/C20H27N3O2/c1-14-10-16-11-15(6-7-17(16)22-19(14)25)12-18(24)21-13-20(2,3)23-8-4-5-9-23/h6-7,10-11H,4-5,8-9,12-13H2,1-3H3,(H,21,24)(H,22,25). The maximum atomic E-state index is 12.3. The second kappa shape index (κ2) is 7.00. The summed E-state index contributed by atoms with van der Waals surface area (Å²) in [6, 6.07) is 7.61. The Balaban J connectivity index is 1.63. The number of benzene rings is 1. The first-order valence-electron chi connectivity index (χ1n) is 8.99. The van der Waals surface area contributed by atoms with Crippen LogP contribution in [0.15, 0.2) is 29.1 Å². The molecule has 1 fully saturated rings. The fraction of sp³-hybridized carbons (Fsp3) is 0.500. The summed E-state index contributed by atoms with van der Waals surface area (Å²) in [6.07, 6.45) is 2.84. The molecule has 1 aliphatic heterocycles. The van der Waals surface area contributed by atoms with Crippen molar-refractivity contribution in [3.8, 4) is 0 Å². The minimum absolute atomic E-state index is 0.00779. The molecule has 5 heteroatoms. The van der Waals surface area contributed by atoms with Crippen molar-refractivity contribution in [2.45, 2.75) is 45.6 Å². The number of nitrogens with one attached hydrogen (secondary N) is 2. The molecule has 0 bridgehead atoms. The molecule has 1 aromatic carbocycles. The van der Waals surface area contributed by atoms with Crippen LogP contribution in [0.25, 0.3) is 10.9 Å². The van der Waals surface area contributed by atoms with Gasteiger partial charge in [-0.25, -0.2) is 0 Å². The van der Waals surface area contributed by atoms with Crippen LogP contribution in [-0.4, -0.2) is 41.0 Å². The molecular weight excluding hydrogens is 314 g/mol. The predicted molar refractivity (Wildman–Crippen MR) is 101 cm³/mol. The number of H-pyrrole nitrogens is 1. The average molecular weight is 341 g/mol. The summed E-state index contributed by atoms with van der Waals surface area (Å²) in [4.78, 5) is 29.3. The molecule has 0 spiro atoms. The lowest BCUT2D eigenvalue weighted by Crippen LogP contribution is -2.50. The molecule has 0 aliphatic carbocycles. The zero-order chi connectivity index (χ0) is 18.0. The largest absolute Gasteiger partial charge is 0.354 e. The van der Waals surface area contributed by atoms with Crippen molar-refractivity contribution in [3.05, 3.63) is 45.7 Å². The van der Waals surface area contributed by atoms with E-state index in [2.05, 4.69) is 29.0 Å². The van der Waals surface area contributed by atoms with E-state index in [1.165, 1.54) is 12.8 Å². The van der Waals surface area contributed by atoms with Gasteiger partial charge < -0.3 is 10.3 Å². The van der Waals surface area contributed by atoms with Gasteiger partial charge in [-0.2, -0.15) is 0 Å². The van der Waals surface area contributed by atoms with E-state index >= 15 is 0 Å². The Hall–Kier alpha value is -2.14. The third kappa shape index (κ3) is 4.10. The lowest BCUT2D eigenvalue weighted by molar-refractivity contribution is -0.121. The van der Waals surface area contributed by atoms with E-state index in [0.717, 1.165) is 29.6 Å². The van der Waals surface area contributed by atoms with Crippen LogP contribution in [0.1, 0.15) is 37.8 Å². The lowest BCUT2D eigenvalue weighted by atomic mass is 10.0. The molecule has 1 aliphatic rings. The molecule has 1 amide bonds. The van der Waals surface area contributed by atoms with E-state index in [4.69, 9.17) is 0 Å². The van der Waals surface area contributed by atoms with E-state index in [-0.39, 0.29) is 17.0 Å². The molecule has 25 heavy (non-hydrogen) atoms. The number of likely N-dealkylation sites (tertiary alicyclic amines) is 1. The highest BCUT2D eigenvalue weighted by atomic mass is 16.1. The quantitative estimate of drug-likeness (QED) is 0.877. The first-order valence-corrected chi connectivity index (χ1v) is 8.99. The van der Waals surface area contributed by atoms with Crippen LogP contribution in [0.3, 0.4) is 0 Å². The van der Waals surface area contributed by atoms with Gasteiger partial charge in [-0.3, -0.25) is 14.5 Å². The van der Waals surface area contributed by atoms with Crippen LogP contribution >= 0.6 is 0 Å². The minimum Gasteiger partial charge on any atom is -0.354 e. The second-order valence-corrected chi connectivity index (χ2v) is 7.66. The maximum Gasteiger partial charge on any atom is 0.251 e. The lowest BCUT2D eigenvalue weighted by Gasteiger charge is -2.35. The summed E-state index contributed by atoms with van der Waals surface area (Å²) in [5, 5.41) is 4.04. The zero-order valence-electron chi connectivity index (χ0n) is 15.3. The molecule has 134 valence electrons. The van der Waals surface area contributed by atoms with E-state index < -0.39 is 0 Å². The van der Waals surface area contributed by atoms with E-state index in [9.17, 15) is 9.59 Å². The van der Waals surface area contributed by atoms with Crippen LogP contribution in [0.2, 0.25) is 0 Å². The Morgan fingerprint density at radius 1 is 1.24 bits per heavy atom. The number of aromatic nitrogens is 1. The second-order valence-electron chi connectivity index (χ2n) is 7.66. The Morgan fingerprint density at radius 2 is 1.96 bits per heavy atom. The number of aromatic amines is 1. The number of nitrogens with zero attached hydrogens (tertiary/aromatic N) is 1. The van der Waals surface area contributed by atoms with Crippen molar-refractivity contribution >= 4 is 16.8 Å². The van der Waals surface area contributed by atoms with Crippen molar-refractivity contribution in [3.63, 3.8) is 0 Å². The molecule has 0 radical (unpaired) electrons. The van der Waals surface area contributed by atoms with Crippen molar-refractivity contribution in [2.75, 3.05) is 19.6 Å². The van der Waals surface area contributed by atoms with Crippen LogP contribution < -0.4 is 10.9 Å². The summed E-state index contributed by atoms with van der Waals surface area (Å²) in [5.74, 6) is 0.0350. The Bertz CT molecular complexity index is 832. The Morgan fingerprint density at radius 3 is 2.68 bits per heavy atom. The third-order valence-electron chi connectivity index (χ3n) is 5.14. The van der Waals surface area contributed by atoms with Crippen molar-refractivity contribution in [1.29, 1.82) is 0 Å². The summed E-state index contributed by atoms with van der Waals surface area (Å²) >= 11 is 0. The predicted octanol–water partition coefficient (Wildman–Crippen LogP) is 2.37. The van der Waals surface area contributed by atoms with Gasteiger partial charge in [-0.15, -0.1) is 0 Å². The van der Waals surface area contributed by atoms with Gasteiger partial charge in [0.1, 0.15) is 0 Å². The van der Waals surface area contributed by atoms with Gasteiger partial charge in [0.15, 0.2) is 0 Å². The number of amides is 1. The highest BCUT2D eigenvalue weighted by Gasteiger charge is 2.29. The van der Waals surface area contributed by atoms with Crippen LogP contribution in [0, 0.1) is 6.92 Å². The van der Waals surface area contributed by atoms with E-state index in [1.54, 1.807) is 6.92 Å². The van der Waals surface area contributed by atoms with Gasteiger partial charge in [0.25, 0.3) is 5.56 Å². The monoisotopic (exact) mass is 341 g/mol. The molecule has 0 unspecified atom stereocenters. The minimum atomic E-state index is -0.0675. The van der Waals surface area contributed by atoms with Gasteiger partial charge in [0, 0.05) is 23.2 Å². The van der Waals surface area contributed by atoms with Crippen molar-refractivity contribution in [2.24, 2.45) is 0 Å². The maximum absolute atomic E-state index is 12.3. The molecular formula is C20H27N3O2. The molecule has 1 saturated heterocycles. The smallest absolute Gasteiger partial charge is 0.251 e.